The Kier molecular flexibility index (Phi) is 5.87. The summed E-state index contributed by atoms with van der Waals surface area (Å²) in [5.74, 6) is 0.824. The molecule has 4 heteroatoms. The molecule has 0 fully saturated rings. The van der Waals surface area contributed by atoms with Crippen LogP contribution >= 0.6 is 0 Å². The van der Waals surface area contributed by atoms with Crippen LogP contribution in [0.25, 0.3) is 0 Å². The number of aliphatic imine (C=N–C) groups is 1. The monoisotopic (exact) mass is 275 g/mol. The van der Waals surface area contributed by atoms with Gasteiger partial charge in [-0.15, -0.1) is 0 Å². The summed E-state index contributed by atoms with van der Waals surface area (Å²) in [6, 6.07) is 6.80. The minimum absolute atomic E-state index is 0.704. The lowest BCUT2D eigenvalue weighted by atomic mass is 10.1. The van der Waals surface area contributed by atoms with Gasteiger partial charge in [0.1, 0.15) is 0 Å². The average molecular weight is 275 g/mol. The fourth-order valence-electron chi connectivity index (χ4n) is 2.53. The van der Waals surface area contributed by atoms with Crippen molar-refractivity contribution in [2.75, 3.05) is 26.8 Å². The summed E-state index contributed by atoms with van der Waals surface area (Å²) in [7, 11) is 1.79. The van der Waals surface area contributed by atoms with Crippen LogP contribution in [-0.2, 0) is 24.1 Å². The van der Waals surface area contributed by atoms with Crippen LogP contribution in [0.1, 0.15) is 30.0 Å². The molecule has 0 bridgehead atoms. The standard InChI is InChI=1S/C16H25N3O/c1-3-20-10-9-18-16(17-2)19-12-13-7-8-14-5-4-6-15(14)11-13/h7-8,11H,3-6,9-10,12H2,1-2H3,(H2,17,18,19). The number of aryl methyl sites for hydroxylation is 2. The molecule has 2 N–H and O–H groups in total. The van der Waals surface area contributed by atoms with Crippen molar-refractivity contribution in [3.63, 3.8) is 0 Å². The van der Waals surface area contributed by atoms with Gasteiger partial charge in [-0.05, 0) is 42.9 Å². The summed E-state index contributed by atoms with van der Waals surface area (Å²) >= 11 is 0. The molecule has 1 aromatic rings. The summed E-state index contributed by atoms with van der Waals surface area (Å²) in [5.41, 5.74) is 4.36. The number of rotatable bonds is 6. The highest BCUT2D eigenvalue weighted by Gasteiger charge is 2.10. The second-order valence-corrected chi connectivity index (χ2v) is 5.01. The van der Waals surface area contributed by atoms with E-state index in [0.29, 0.717) is 6.61 Å². The molecular weight excluding hydrogens is 250 g/mol. The first-order valence-electron chi connectivity index (χ1n) is 7.46. The van der Waals surface area contributed by atoms with Crippen LogP contribution in [0.15, 0.2) is 23.2 Å². The molecule has 0 atom stereocenters. The first-order valence-corrected chi connectivity index (χ1v) is 7.46. The Bertz CT molecular complexity index is 457. The van der Waals surface area contributed by atoms with E-state index in [4.69, 9.17) is 4.74 Å². The predicted molar refractivity (Wildman–Crippen MR) is 83.2 cm³/mol. The van der Waals surface area contributed by atoms with Crippen LogP contribution in [0.2, 0.25) is 0 Å². The maximum atomic E-state index is 5.30. The third kappa shape index (κ3) is 4.23. The van der Waals surface area contributed by atoms with Gasteiger partial charge in [-0.25, -0.2) is 0 Å². The van der Waals surface area contributed by atoms with Crippen LogP contribution in [0.4, 0.5) is 0 Å². The molecule has 0 radical (unpaired) electrons. The van der Waals surface area contributed by atoms with Crippen molar-refractivity contribution in [1.29, 1.82) is 0 Å². The van der Waals surface area contributed by atoms with Gasteiger partial charge in [0, 0.05) is 26.7 Å². The van der Waals surface area contributed by atoms with Gasteiger partial charge >= 0.3 is 0 Å². The molecule has 4 nitrogen and oxygen atoms in total. The lowest BCUT2D eigenvalue weighted by Crippen LogP contribution is -2.38. The molecule has 20 heavy (non-hydrogen) atoms. The van der Waals surface area contributed by atoms with Gasteiger partial charge < -0.3 is 15.4 Å². The molecule has 0 saturated heterocycles. The molecule has 1 aliphatic carbocycles. The highest BCUT2D eigenvalue weighted by atomic mass is 16.5. The normalized spacial score (nSPS) is 14.2. The van der Waals surface area contributed by atoms with Crippen LogP contribution in [0.5, 0.6) is 0 Å². The lowest BCUT2D eigenvalue weighted by Gasteiger charge is -2.12. The Morgan fingerprint density at radius 1 is 1.25 bits per heavy atom. The number of nitrogens with zero attached hydrogens (tertiary/aromatic N) is 1. The number of fused-ring (bicyclic) bond motifs is 1. The Balaban J connectivity index is 1.78. The number of hydrogen-bond donors (Lipinski definition) is 2. The van der Waals surface area contributed by atoms with Gasteiger partial charge in [0.15, 0.2) is 5.96 Å². The van der Waals surface area contributed by atoms with Gasteiger partial charge in [0.05, 0.1) is 6.61 Å². The molecule has 2 rings (SSSR count). The molecular formula is C16H25N3O. The molecule has 0 heterocycles. The smallest absolute Gasteiger partial charge is 0.191 e. The van der Waals surface area contributed by atoms with Crippen molar-refractivity contribution in [3.8, 4) is 0 Å². The van der Waals surface area contributed by atoms with E-state index in [1.54, 1.807) is 7.05 Å². The molecule has 1 aliphatic rings. The molecule has 0 unspecified atom stereocenters. The fraction of sp³-hybridized carbons (Fsp3) is 0.562. The Hall–Kier alpha value is -1.55. The largest absolute Gasteiger partial charge is 0.380 e. The van der Waals surface area contributed by atoms with Gasteiger partial charge in [-0.3, -0.25) is 4.99 Å². The van der Waals surface area contributed by atoms with Crippen LogP contribution < -0.4 is 10.6 Å². The van der Waals surface area contributed by atoms with E-state index in [9.17, 15) is 0 Å². The summed E-state index contributed by atoms with van der Waals surface area (Å²) in [5, 5.41) is 6.58. The van der Waals surface area contributed by atoms with Crippen LogP contribution in [-0.4, -0.2) is 32.8 Å². The second-order valence-electron chi connectivity index (χ2n) is 5.01. The Labute approximate surface area is 121 Å². The van der Waals surface area contributed by atoms with E-state index in [0.717, 1.165) is 25.7 Å². The number of benzene rings is 1. The highest BCUT2D eigenvalue weighted by Crippen LogP contribution is 2.22. The topological polar surface area (TPSA) is 45.6 Å². The lowest BCUT2D eigenvalue weighted by molar-refractivity contribution is 0.152. The van der Waals surface area contributed by atoms with Crippen LogP contribution in [0, 0.1) is 0 Å². The van der Waals surface area contributed by atoms with Crippen molar-refractivity contribution in [1.82, 2.24) is 10.6 Å². The number of hydrogen-bond acceptors (Lipinski definition) is 2. The third-order valence-corrected chi connectivity index (χ3v) is 3.59. The number of ether oxygens (including phenoxy) is 1. The first-order chi connectivity index (χ1) is 9.83. The third-order valence-electron chi connectivity index (χ3n) is 3.59. The van der Waals surface area contributed by atoms with E-state index in [-0.39, 0.29) is 0 Å². The highest BCUT2D eigenvalue weighted by molar-refractivity contribution is 5.79. The van der Waals surface area contributed by atoms with E-state index >= 15 is 0 Å². The average Bonchev–Trinajstić information content (AvgIpc) is 2.94. The van der Waals surface area contributed by atoms with Crippen molar-refractivity contribution < 1.29 is 4.74 Å². The van der Waals surface area contributed by atoms with E-state index in [1.807, 2.05) is 6.92 Å². The summed E-state index contributed by atoms with van der Waals surface area (Å²) in [6.45, 7) is 5.04. The van der Waals surface area contributed by atoms with Gasteiger partial charge in [0.2, 0.25) is 0 Å². The minimum atomic E-state index is 0.704. The number of nitrogens with one attached hydrogen (secondary N) is 2. The zero-order valence-electron chi connectivity index (χ0n) is 12.5. The predicted octanol–water partition coefficient (Wildman–Crippen LogP) is 1.88. The quantitative estimate of drug-likeness (QED) is 0.473. The zero-order chi connectivity index (χ0) is 14.2. The SMILES string of the molecule is CCOCCNC(=NC)NCc1ccc2c(c1)CCC2. The molecule has 0 amide bonds. The van der Waals surface area contributed by atoms with Crippen molar-refractivity contribution in [2.24, 2.45) is 4.99 Å². The molecule has 0 aliphatic heterocycles. The maximum Gasteiger partial charge on any atom is 0.191 e. The molecule has 0 aromatic heterocycles. The summed E-state index contributed by atoms with van der Waals surface area (Å²) in [4.78, 5) is 4.21. The van der Waals surface area contributed by atoms with Crippen molar-refractivity contribution in [3.05, 3.63) is 34.9 Å². The zero-order valence-corrected chi connectivity index (χ0v) is 12.5. The van der Waals surface area contributed by atoms with Gasteiger partial charge in [0.25, 0.3) is 0 Å². The van der Waals surface area contributed by atoms with E-state index < -0.39 is 0 Å². The van der Waals surface area contributed by atoms with Crippen molar-refractivity contribution >= 4 is 5.96 Å². The van der Waals surface area contributed by atoms with E-state index in [2.05, 4.69) is 33.8 Å². The molecule has 110 valence electrons. The summed E-state index contributed by atoms with van der Waals surface area (Å²) in [6.07, 6.45) is 3.76. The fourth-order valence-corrected chi connectivity index (χ4v) is 2.53. The molecule has 1 aromatic carbocycles. The van der Waals surface area contributed by atoms with Gasteiger partial charge in [-0.1, -0.05) is 18.2 Å². The van der Waals surface area contributed by atoms with Gasteiger partial charge in [-0.2, -0.15) is 0 Å². The Morgan fingerprint density at radius 2 is 2.10 bits per heavy atom. The van der Waals surface area contributed by atoms with Crippen LogP contribution in [0.3, 0.4) is 0 Å². The Morgan fingerprint density at radius 3 is 2.90 bits per heavy atom. The minimum Gasteiger partial charge on any atom is -0.380 e. The second kappa shape index (κ2) is 7.90. The molecule has 0 saturated carbocycles. The summed E-state index contributed by atoms with van der Waals surface area (Å²) < 4.78 is 5.30. The number of guanidine groups is 1. The first kappa shape index (κ1) is 14.9. The molecule has 0 spiro atoms. The maximum absolute atomic E-state index is 5.30. The van der Waals surface area contributed by atoms with Crippen molar-refractivity contribution in [2.45, 2.75) is 32.7 Å². The van der Waals surface area contributed by atoms with E-state index in [1.165, 1.54) is 36.0 Å².